The number of hydrogen-bond donors (Lipinski definition) is 2. The molecular formula is C28H34N4O4. The van der Waals surface area contributed by atoms with Crippen LogP contribution in [0.4, 0.5) is 0 Å². The van der Waals surface area contributed by atoms with Gasteiger partial charge in [0.1, 0.15) is 17.9 Å². The van der Waals surface area contributed by atoms with Gasteiger partial charge in [0.25, 0.3) is 5.91 Å². The van der Waals surface area contributed by atoms with Crippen molar-refractivity contribution in [1.29, 1.82) is 0 Å². The van der Waals surface area contributed by atoms with E-state index in [1.54, 1.807) is 31.2 Å². The molecule has 1 aromatic heterocycles. The highest BCUT2D eigenvalue weighted by Crippen LogP contribution is 2.22. The molecule has 0 spiro atoms. The van der Waals surface area contributed by atoms with Crippen molar-refractivity contribution < 1.29 is 19.4 Å². The molecule has 0 bridgehead atoms. The molecule has 4 rings (SSSR count). The monoisotopic (exact) mass is 490 g/mol. The zero-order chi connectivity index (χ0) is 25.7. The smallest absolute Gasteiger partial charge is 0.325 e. The van der Waals surface area contributed by atoms with Crippen molar-refractivity contribution in [1.82, 2.24) is 20.1 Å². The van der Waals surface area contributed by atoms with E-state index in [-0.39, 0.29) is 12.5 Å². The lowest BCUT2D eigenvalue weighted by molar-refractivity contribution is -0.151. The molecule has 1 aliphatic rings. The van der Waals surface area contributed by atoms with Crippen molar-refractivity contribution in [2.75, 3.05) is 39.3 Å². The van der Waals surface area contributed by atoms with E-state index in [0.29, 0.717) is 31.0 Å². The number of likely N-dealkylation sites (N-methyl/N-ethyl adjacent to an activating group) is 1. The second-order valence-electron chi connectivity index (χ2n) is 9.44. The molecule has 1 aliphatic heterocycles. The Morgan fingerprint density at radius 3 is 2.44 bits per heavy atom. The molecule has 8 heteroatoms. The molecule has 2 N–H and O–H groups in total. The number of ether oxygens (including phenoxy) is 1. The van der Waals surface area contributed by atoms with Crippen LogP contribution in [0, 0.1) is 6.92 Å². The summed E-state index contributed by atoms with van der Waals surface area (Å²) in [4.78, 5) is 33.7. The number of aryl methyl sites for hydroxylation is 1. The molecule has 0 saturated carbocycles. The van der Waals surface area contributed by atoms with Crippen molar-refractivity contribution in [2.24, 2.45) is 0 Å². The molecule has 3 aromatic rings. The third-order valence-electron chi connectivity index (χ3n) is 7.01. The number of fused-ring (bicyclic) bond motifs is 1. The fourth-order valence-electron chi connectivity index (χ4n) is 4.61. The Labute approximate surface area is 211 Å². The van der Waals surface area contributed by atoms with Gasteiger partial charge in [-0.05, 0) is 56.8 Å². The van der Waals surface area contributed by atoms with E-state index in [9.17, 15) is 14.7 Å². The lowest BCUT2D eigenvalue weighted by Gasteiger charge is -2.43. The van der Waals surface area contributed by atoms with Gasteiger partial charge < -0.3 is 20.1 Å². The SMILES string of the molecule is CCN1CCN([C@@](C)(CNC(=O)c2ccc(OCc3cc(C)nc4ccccc34)cc2)C(=O)O)CC1. The number of hydrogen-bond acceptors (Lipinski definition) is 6. The maximum atomic E-state index is 12.8. The molecule has 1 saturated heterocycles. The topological polar surface area (TPSA) is 95.0 Å². The average molecular weight is 491 g/mol. The first-order valence-electron chi connectivity index (χ1n) is 12.4. The van der Waals surface area contributed by atoms with Crippen LogP contribution in [0.5, 0.6) is 5.75 Å². The predicted octanol–water partition coefficient (Wildman–Crippen LogP) is 3.33. The molecule has 190 valence electrons. The van der Waals surface area contributed by atoms with E-state index in [1.807, 2.05) is 42.2 Å². The highest BCUT2D eigenvalue weighted by atomic mass is 16.5. The van der Waals surface area contributed by atoms with E-state index in [1.165, 1.54) is 0 Å². The average Bonchev–Trinajstić information content (AvgIpc) is 2.90. The van der Waals surface area contributed by atoms with Crippen LogP contribution in [-0.4, -0.2) is 76.6 Å². The van der Waals surface area contributed by atoms with E-state index < -0.39 is 11.5 Å². The van der Waals surface area contributed by atoms with Gasteiger partial charge in [-0.1, -0.05) is 25.1 Å². The summed E-state index contributed by atoms with van der Waals surface area (Å²) < 4.78 is 5.98. The summed E-state index contributed by atoms with van der Waals surface area (Å²) in [5, 5.41) is 13.8. The minimum atomic E-state index is -1.16. The largest absolute Gasteiger partial charge is 0.489 e. The van der Waals surface area contributed by atoms with Crippen molar-refractivity contribution in [3.63, 3.8) is 0 Å². The van der Waals surface area contributed by atoms with Crippen LogP contribution in [0.15, 0.2) is 54.6 Å². The summed E-state index contributed by atoms with van der Waals surface area (Å²) in [6, 6.07) is 16.9. The Hall–Kier alpha value is -3.49. The summed E-state index contributed by atoms with van der Waals surface area (Å²) in [5.74, 6) is -0.596. The van der Waals surface area contributed by atoms with Crippen LogP contribution in [0.1, 0.15) is 35.5 Å². The second kappa shape index (κ2) is 11.1. The zero-order valence-electron chi connectivity index (χ0n) is 21.2. The van der Waals surface area contributed by atoms with Crippen molar-refractivity contribution in [3.05, 3.63) is 71.4 Å². The van der Waals surface area contributed by atoms with E-state index in [0.717, 1.165) is 41.8 Å². The third kappa shape index (κ3) is 5.66. The Kier molecular flexibility index (Phi) is 7.86. The Bertz CT molecular complexity index is 1220. The highest BCUT2D eigenvalue weighted by Gasteiger charge is 2.41. The van der Waals surface area contributed by atoms with Crippen LogP contribution >= 0.6 is 0 Å². The number of carboxylic acids is 1. The van der Waals surface area contributed by atoms with Gasteiger partial charge in [-0.2, -0.15) is 0 Å². The lowest BCUT2D eigenvalue weighted by atomic mass is 9.98. The summed E-state index contributed by atoms with van der Waals surface area (Å²) in [5.41, 5.74) is 2.21. The van der Waals surface area contributed by atoms with Crippen molar-refractivity contribution in [2.45, 2.75) is 32.9 Å². The summed E-state index contributed by atoms with van der Waals surface area (Å²) in [7, 11) is 0. The highest BCUT2D eigenvalue weighted by molar-refractivity contribution is 5.94. The van der Waals surface area contributed by atoms with Gasteiger partial charge in [-0.3, -0.25) is 19.5 Å². The van der Waals surface area contributed by atoms with Gasteiger partial charge in [0.15, 0.2) is 0 Å². The summed E-state index contributed by atoms with van der Waals surface area (Å²) >= 11 is 0. The normalized spacial score (nSPS) is 16.4. The Morgan fingerprint density at radius 1 is 1.08 bits per heavy atom. The molecule has 2 aromatic carbocycles. The molecule has 0 unspecified atom stereocenters. The number of carboxylic acid groups (broad SMARTS) is 1. The molecular weight excluding hydrogens is 456 g/mol. The first-order valence-corrected chi connectivity index (χ1v) is 12.4. The zero-order valence-corrected chi connectivity index (χ0v) is 21.2. The molecule has 1 fully saturated rings. The third-order valence-corrected chi connectivity index (χ3v) is 7.01. The maximum absolute atomic E-state index is 12.8. The van der Waals surface area contributed by atoms with Crippen LogP contribution in [-0.2, 0) is 11.4 Å². The standard InChI is InChI=1S/C28H34N4O4/c1-4-31-13-15-32(16-14-31)28(3,27(34)35)19-29-26(33)21-9-11-23(12-10-21)36-18-22-17-20(2)30-25-8-6-5-7-24(22)25/h5-12,17H,4,13-16,18-19H2,1-3H3,(H,29,33)(H,34,35)/t28-/m0/s1. The number of nitrogens with zero attached hydrogens (tertiary/aromatic N) is 3. The predicted molar refractivity (Wildman–Crippen MR) is 139 cm³/mol. The van der Waals surface area contributed by atoms with Crippen LogP contribution in [0.3, 0.4) is 0 Å². The molecule has 36 heavy (non-hydrogen) atoms. The van der Waals surface area contributed by atoms with Gasteiger partial charge in [-0.25, -0.2) is 0 Å². The van der Waals surface area contributed by atoms with Gasteiger partial charge in [-0.15, -0.1) is 0 Å². The number of aliphatic carboxylic acids is 1. The molecule has 2 heterocycles. The number of piperazine rings is 1. The number of para-hydroxylation sites is 1. The van der Waals surface area contributed by atoms with Gasteiger partial charge >= 0.3 is 5.97 Å². The second-order valence-corrected chi connectivity index (χ2v) is 9.44. The Morgan fingerprint density at radius 2 is 1.78 bits per heavy atom. The van der Waals surface area contributed by atoms with E-state index in [4.69, 9.17) is 4.74 Å². The number of rotatable bonds is 9. The molecule has 1 amide bonds. The van der Waals surface area contributed by atoms with E-state index in [2.05, 4.69) is 22.1 Å². The molecule has 8 nitrogen and oxygen atoms in total. The van der Waals surface area contributed by atoms with E-state index >= 15 is 0 Å². The quantitative estimate of drug-likeness (QED) is 0.475. The summed E-state index contributed by atoms with van der Waals surface area (Å²) in [6.07, 6.45) is 0. The number of amides is 1. The number of nitrogens with one attached hydrogen (secondary N) is 1. The molecule has 0 aliphatic carbocycles. The lowest BCUT2D eigenvalue weighted by Crippen LogP contribution is -2.63. The number of pyridine rings is 1. The molecule has 1 atom stereocenters. The van der Waals surface area contributed by atoms with Crippen molar-refractivity contribution in [3.8, 4) is 5.75 Å². The number of carbonyl (C=O) groups is 2. The Balaban J connectivity index is 1.36. The minimum Gasteiger partial charge on any atom is -0.489 e. The maximum Gasteiger partial charge on any atom is 0.325 e. The number of carbonyl (C=O) groups excluding carboxylic acids is 1. The van der Waals surface area contributed by atoms with Gasteiger partial charge in [0, 0.05) is 54.9 Å². The summed E-state index contributed by atoms with van der Waals surface area (Å²) in [6.45, 7) is 10.1. The number of benzene rings is 2. The van der Waals surface area contributed by atoms with Crippen LogP contribution < -0.4 is 10.1 Å². The number of aromatic nitrogens is 1. The first kappa shape index (κ1) is 25.6. The van der Waals surface area contributed by atoms with Gasteiger partial charge in [0.05, 0.1) is 5.52 Å². The van der Waals surface area contributed by atoms with Crippen molar-refractivity contribution >= 4 is 22.8 Å². The minimum absolute atomic E-state index is 0.0278. The fraction of sp³-hybridized carbons (Fsp3) is 0.393. The van der Waals surface area contributed by atoms with Crippen LogP contribution in [0.25, 0.3) is 10.9 Å². The van der Waals surface area contributed by atoms with Crippen LogP contribution in [0.2, 0.25) is 0 Å². The fourth-order valence-corrected chi connectivity index (χ4v) is 4.61. The first-order chi connectivity index (χ1) is 17.3. The van der Waals surface area contributed by atoms with Gasteiger partial charge in [0.2, 0.25) is 0 Å². The molecule has 0 radical (unpaired) electrons.